The molecule has 0 unspecified atom stereocenters. The zero-order valence-corrected chi connectivity index (χ0v) is 11.1. The molecule has 0 saturated heterocycles. The van der Waals surface area contributed by atoms with Crippen molar-refractivity contribution in [3.63, 3.8) is 0 Å². The lowest BCUT2D eigenvalue weighted by atomic mass is 9.98. The van der Waals surface area contributed by atoms with Crippen molar-refractivity contribution in [3.05, 3.63) is 24.3 Å². The molecule has 1 aromatic rings. The largest absolute Gasteiger partial charge is 0.482 e. The molecule has 1 saturated carbocycles. The van der Waals surface area contributed by atoms with E-state index in [2.05, 4.69) is 5.32 Å². The number of carboxylic acids is 1. The zero-order chi connectivity index (χ0) is 14.6. The van der Waals surface area contributed by atoms with Crippen molar-refractivity contribution in [1.29, 1.82) is 0 Å². The Morgan fingerprint density at radius 2 is 1.85 bits per heavy atom. The van der Waals surface area contributed by atoms with Crippen molar-refractivity contribution in [2.75, 3.05) is 11.9 Å². The second-order valence-electron chi connectivity index (χ2n) is 5.02. The first kappa shape index (κ1) is 14.3. The van der Waals surface area contributed by atoms with E-state index in [0.29, 0.717) is 24.3 Å². The van der Waals surface area contributed by atoms with E-state index < -0.39 is 18.1 Å². The Kier molecular flexibility index (Phi) is 4.24. The summed E-state index contributed by atoms with van der Waals surface area (Å²) in [5.41, 5.74) is 5.91. The van der Waals surface area contributed by atoms with Crippen molar-refractivity contribution in [1.82, 2.24) is 0 Å². The molecule has 1 amide bonds. The van der Waals surface area contributed by atoms with Crippen LogP contribution in [0.5, 0.6) is 5.75 Å². The molecule has 6 heteroatoms. The quantitative estimate of drug-likeness (QED) is 0.754. The number of carboxylic acid groups (broad SMARTS) is 1. The predicted molar refractivity (Wildman–Crippen MR) is 73.6 cm³/mol. The van der Waals surface area contributed by atoms with Crippen LogP contribution >= 0.6 is 0 Å². The number of nitrogens with two attached hydrogens (primary N) is 1. The molecule has 6 nitrogen and oxygen atoms in total. The van der Waals surface area contributed by atoms with Crippen LogP contribution in [-0.4, -0.2) is 29.1 Å². The maximum atomic E-state index is 12.1. The molecule has 1 aliphatic carbocycles. The molecule has 0 atom stereocenters. The molecule has 0 bridgehead atoms. The Hall–Kier alpha value is -2.08. The van der Waals surface area contributed by atoms with Gasteiger partial charge >= 0.3 is 5.97 Å². The molecule has 4 N–H and O–H groups in total. The normalized spacial score (nSPS) is 16.6. The summed E-state index contributed by atoms with van der Waals surface area (Å²) < 4.78 is 5.01. The van der Waals surface area contributed by atoms with Gasteiger partial charge in [-0.3, -0.25) is 4.79 Å². The van der Waals surface area contributed by atoms with Gasteiger partial charge in [0.1, 0.15) is 5.75 Å². The molecule has 20 heavy (non-hydrogen) atoms. The van der Waals surface area contributed by atoms with E-state index in [1.165, 1.54) is 0 Å². The third kappa shape index (κ3) is 3.48. The summed E-state index contributed by atoms with van der Waals surface area (Å²) in [6.07, 6.45) is 3.37. The number of hydrogen-bond acceptors (Lipinski definition) is 4. The minimum atomic E-state index is -1.03. The molecule has 0 heterocycles. The molecular weight excluding hydrogens is 260 g/mol. The van der Waals surface area contributed by atoms with Crippen molar-refractivity contribution in [2.24, 2.45) is 5.73 Å². The highest BCUT2D eigenvalue weighted by molar-refractivity contribution is 5.98. The average Bonchev–Trinajstić information content (AvgIpc) is 2.86. The summed E-state index contributed by atoms with van der Waals surface area (Å²) in [6.45, 7) is -0.391. The van der Waals surface area contributed by atoms with Crippen LogP contribution in [0.25, 0.3) is 0 Å². The molecule has 2 rings (SSSR count). The molecule has 1 aromatic carbocycles. The van der Waals surface area contributed by atoms with Crippen LogP contribution < -0.4 is 15.8 Å². The molecule has 0 spiro atoms. The van der Waals surface area contributed by atoms with Gasteiger partial charge in [-0.25, -0.2) is 4.79 Å². The lowest BCUT2D eigenvalue weighted by Gasteiger charge is -2.22. The van der Waals surface area contributed by atoms with Gasteiger partial charge in [0, 0.05) is 5.69 Å². The monoisotopic (exact) mass is 278 g/mol. The lowest BCUT2D eigenvalue weighted by molar-refractivity contribution is -0.139. The summed E-state index contributed by atoms with van der Waals surface area (Å²) in [5.74, 6) is -0.767. The van der Waals surface area contributed by atoms with E-state index in [-0.39, 0.29) is 5.91 Å². The van der Waals surface area contributed by atoms with Gasteiger partial charge in [-0.1, -0.05) is 12.8 Å². The van der Waals surface area contributed by atoms with Gasteiger partial charge < -0.3 is 20.9 Å². The Labute approximate surface area is 116 Å². The van der Waals surface area contributed by atoms with Crippen molar-refractivity contribution in [2.45, 2.75) is 31.2 Å². The average molecular weight is 278 g/mol. The Morgan fingerprint density at radius 1 is 1.25 bits per heavy atom. The number of carbonyl (C=O) groups excluding carboxylic acids is 1. The van der Waals surface area contributed by atoms with Crippen LogP contribution in [0.4, 0.5) is 5.69 Å². The second-order valence-corrected chi connectivity index (χ2v) is 5.02. The number of benzene rings is 1. The van der Waals surface area contributed by atoms with E-state index in [9.17, 15) is 9.59 Å². The first-order chi connectivity index (χ1) is 9.49. The van der Waals surface area contributed by atoms with Crippen LogP contribution in [0, 0.1) is 0 Å². The Bertz CT molecular complexity index is 492. The minimum Gasteiger partial charge on any atom is -0.482 e. The highest BCUT2D eigenvalue weighted by atomic mass is 16.5. The van der Waals surface area contributed by atoms with Crippen LogP contribution in [0.1, 0.15) is 25.7 Å². The van der Waals surface area contributed by atoms with Gasteiger partial charge in [-0.15, -0.1) is 0 Å². The summed E-state index contributed by atoms with van der Waals surface area (Å²) in [7, 11) is 0. The van der Waals surface area contributed by atoms with Crippen LogP contribution in [0.3, 0.4) is 0 Å². The molecule has 0 aromatic heterocycles. The summed E-state index contributed by atoms with van der Waals surface area (Å²) >= 11 is 0. The topological polar surface area (TPSA) is 102 Å². The maximum absolute atomic E-state index is 12.1. The molecule has 0 aliphatic heterocycles. The Balaban J connectivity index is 1.93. The van der Waals surface area contributed by atoms with Gasteiger partial charge in [-0.05, 0) is 37.1 Å². The highest BCUT2D eigenvalue weighted by Gasteiger charge is 2.36. The SMILES string of the molecule is NC1(C(=O)Nc2ccc(OCC(=O)O)cc2)CCCC1. The molecule has 108 valence electrons. The molecule has 0 radical (unpaired) electrons. The van der Waals surface area contributed by atoms with E-state index in [4.69, 9.17) is 15.6 Å². The maximum Gasteiger partial charge on any atom is 0.341 e. The van der Waals surface area contributed by atoms with E-state index in [1.54, 1.807) is 24.3 Å². The first-order valence-corrected chi connectivity index (χ1v) is 6.55. The number of ether oxygens (including phenoxy) is 1. The number of amides is 1. The lowest BCUT2D eigenvalue weighted by Crippen LogP contribution is -2.48. The number of aliphatic carboxylic acids is 1. The van der Waals surface area contributed by atoms with Crippen LogP contribution in [0.15, 0.2) is 24.3 Å². The number of rotatable bonds is 5. The highest BCUT2D eigenvalue weighted by Crippen LogP contribution is 2.28. The minimum absolute atomic E-state index is 0.172. The number of nitrogens with one attached hydrogen (secondary N) is 1. The van der Waals surface area contributed by atoms with Crippen molar-refractivity contribution >= 4 is 17.6 Å². The number of hydrogen-bond donors (Lipinski definition) is 3. The summed E-state index contributed by atoms with van der Waals surface area (Å²) in [5, 5.41) is 11.3. The van der Waals surface area contributed by atoms with Gasteiger partial charge in [0.25, 0.3) is 0 Å². The second kappa shape index (κ2) is 5.92. The molecule has 1 aliphatic rings. The van der Waals surface area contributed by atoms with Crippen LogP contribution in [-0.2, 0) is 9.59 Å². The smallest absolute Gasteiger partial charge is 0.341 e. The standard InChI is InChI=1S/C14H18N2O4/c15-14(7-1-2-8-14)13(19)16-10-3-5-11(6-4-10)20-9-12(17)18/h3-6H,1-2,7-9,15H2,(H,16,19)(H,17,18). The fourth-order valence-corrected chi connectivity index (χ4v) is 2.27. The van der Waals surface area contributed by atoms with Gasteiger partial charge in [0.05, 0.1) is 5.54 Å². The van der Waals surface area contributed by atoms with E-state index >= 15 is 0 Å². The molecule has 1 fully saturated rings. The van der Waals surface area contributed by atoms with Gasteiger partial charge in [-0.2, -0.15) is 0 Å². The summed E-state index contributed by atoms with van der Waals surface area (Å²) in [4.78, 5) is 22.5. The van der Waals surface area contributed by atoms with Crippen molar-refractivity contribution in [3.8, 4) is 5.75 Å². The molecular formula is C14H18N2O4. The van der Waals surface area contributed by atoms with Crippen molar-refractivity contribution < 1.29 is 19.4 Å². The predicted octanol–water partition coefficient (Wildman–Crippen LogP) is 1.36. The Morgan fingerprint density at radius 3 is 2.40 bits per heavy atom. The number of anilines is 1. The van der Waals surface area contributed by atoms with E-state index in [0.717, 1.165) is 12.8 Å². The number of carbonyl (C=O) groups is 2. The van der Waals surface area contributed by atoms with Gasteiger partial charge in [0.2, 0.25) is 5.91 Å². The fraction of sp³-hybridized carbons (Fsp3) is 0.429. The first-order valence-electron chi connectivity index (χ1n) is 6.55. The summed E-state index contributed by atoms with van der Waals surface area (Å²) in [6, 6.07) is 6.54. The zero-order valence-electron chi connectivity index (χ0n) is 11.1. The van der Waals surface area contributed by atoms with Gasteiger partial charge in [0.15, 0.2) is 6.61 Å². The van der Waals surface area contributed by atoms with Crippen LogP contribution in [0.2, 0.25) is 0 Å². The fourth-order valence-electron chi connectivity index (χ4n) is 2.27. The third-order valence-electron chi connectivity index (χ3n) is 3.42. The van der Waals surface area contributed by atoms with E-state index in [1.807, 2.05) is 0 Å². The third-order valence-corrected chi connectivity index (χ3v) is 3.42.